The number of hydrogen-bond donors (Lipinski definition) is 3. The fourth-order valence-electron chi connectivity index (χ4n) is 2.33. The normalized spacial score (nSPS) is 28.1. The summed E-state index contributed by atoms with van der Waals surface area (Å²) in [5.41, 5.74) is 6.63. The number of aliphatic hydroxyl groups is 1. The van der Waals surface area contributed by atoms with Gasteiger partial charge in [-0.15, -0.1) is 11.3 Å². The van der Waals surface area contributed by atoms with Gasteiger partial charge in [-0.1, -0.05) is 0 Å². The Kier molecular flexibility index (Phi) is 4.04. The zero-order chi connectivity index (χ0) is 13.2. The lowest BCUT2D eigenvalue weighted by molar-refractivity contribution is -0.121. The summed E-state index contributed by atoms with van der Waals surface area (Å²) in [7, 11) is 0. The van der Waals surface area contributed by atoms with Crippen LogP contribution in [0.3, 0.4) is 0 Å². The van der Waals surface area contributed by atoms with Gasteiger partial charge in [0, 0.05) is 11.5 Å². The Morgan fingerprint density at radius 3 is 2.78 bits per heavy atom. The number of nitrogens with two attached hydrogens (primary N) is 1. The minimum Gasteiger partial charge on any atom is -0.394 e. The third-order valence-corrected chi connectivity index (χ3v) is 4.70. The van der Waals surface area contributed by atoms with Gasteiger partial charge in [0.2, 0.25) is 5.91 Å². The number of amides is 1. The summed E-state index contributed by atoms with van der Waals surface area (Å²) in [4.78, 5) is 12.1. The summed E-state index contributed by atoms with van der Waals surface area (Å²) in [5.74, 6) is 0.107. The van der Waals surface area contributed by atoms with E-state index in [1.54, 1.807) is 11.3 Å². The molecule has 1 amide bonds. The monoisotopic (exact) mass is 268 g/mol. The average molecular weight is 268 g/mol. The van der Waals surface area contributed by atoms with Gasteiger partial charge in [0.05, 0.1) is 11.6 Å². The molecule has 0 unspecified atom stereocenters. The van der Waals surface area contributed by atoms with Gasteiger partial charge >= 0.3 is 0 Å². The SMILES string of the molecule is Cc1ccsc1NC(=O)C1CCC(N)(CO)CC1. The molecule has 0 aliphatic heterocycles. The molecular formula is C13H20N2O2S. The molecule has 0 radical (unpaired) electrons. The number of nitrogens with one attached hydrogen (secondary N) is 1. The summed E-state index contributed by atoms with van der Waals surface area (Å²) in [6, 6.07) is 2.00. The largest absolute Gasteiger partial charge is 0.394 e. The summed E-state index contributed by atoms with van der Waals surface area (Å²) in [5, 5.41) is 15.1. The van der Waals surface area contributed by atoms with E-state index in [4.69, 9.17) is 5.73 Å². The third kappa shape index (κ3) is 2.91. The van der Waals surface area contributed by atoms with E-state index in [0.717, 1.165) is 23.4 Å². The second-order valence-electron chi connectivity index (χ2n) is 5.22. The van der Waals surface area contributed by atoms with Gasteiger partial charge in [-0.3, -0.25) is 4.79 Å². The second kappa shape index (κ2) is 5.38. The van der Waals surface area contributed by atoms with Crippen molar-refractivity contribution in [1.29, 1.82) is 0 Å². The van der Waals surface area contributed by atoms with Crippen LogP contribution >= 0.6 is 11.3 Å². The van der Waals surface area contributed by atoms with Crippen LogP contribution in [0.4, 0.5) is 5.00 Å². The van der Waals surface area contributed by atoms with E-state index >= 15 is 0 Å². The van der Waals surface area contributed by atoms with E-state index in [9.17, 15) is 9.90 Å². The number of hydrogen-bond acceptors (Lipinski definition) is 4. The van der Waals surface area contributed by atoms with Gasteiger partial charge < -0.3 is 16.2 Å². The molecule has 5 heteroatoms. The number of carbonyl (C=O) groups is 1. The molecule has 0 bridgehead atoms. The topological polar surface area (TPSA) is 75.4 Å². The van der Waals surface area contributed by atoms with Gasteiger partial charge in [0.15, 0.2) is 0 Å². The summed E-state index contributed by atoms with van der Waals surface area (Å²) in [6.07, 6.45) is 2.94. The van der Waals surface area contributed by atoms with Crippen molar-refractivity contribution in [3.8, 4) is 0 Å². The summed E-state index contributed by atoms with van der Waals surface area (Å²) < 4.78 is 0. The Hall–Kier alpha value is -0.910. The molecule has 1 saturated carbocycles. The Morgan fingerprint density at radius 1 is 1.61 bits per heavy atom. The molecule has 18 heavy (non-hydrogen) atoms. The molecule has 1 aromatic rings. The van der Waals surface area contributed by atoms with Crippen LogP contribution in [-0.4, -0.2) is 23.2 Å². The van der Waals surface area contributed by atoms with E-state index in [-0.39, 0.29) is 18.4 Å². The number of carbonyl (C=O) groups excluding carboxylic acids is 1. The molecule has 1 fully saturated rings. The van der Waals surface area contributed by atoms with Crippen molar-refractivity contribution >= 4 is 22.2 Å². The first-order valence-electron chi connectivity index (χ1n) is 6.29. The van der Waals surface area contributed by atoms with Crippen molar-refractivity contribution in [1.82, 2.24) is 0 Å². The van der Waals surface area contributed by atoms with E-state index in [1.165, 1.54) is 0 Å². The predicted octanol–water partition coefficient (Wildman–Crippen LogP) is 1.88. The van der Waals surface area contributed by atoms with Crippen LogP contribution in [0, 0.1) is 12.8 Å². The van der Waals surface area contributed by atoms with Gasteiger partial charge in [-0.25, -0.2) is 0 Å². The highest BCUT2D eigenvalue weighted by Gasteiger charge is 2.34. The fourth-order valence-corrected chi connectivity index (χ4v) is 3.15. The van der Waals surface area contributed by atoms with Crippen LogP contribution in [0.2, 0.25) is 0 Å². The lowest BCUT2D eigenvalue weighted by atomic mass is 9.77. The molecule has 1 heterocycles. The highest BCUT2D eigenvalue weighted by Crippen LogP contribution is 2.31. The third-order valence-electron chi connectivity index (χ3n) is 3.77. The molecule has 1 aromatic heterocycles. The standard InChI is InChI=1S/C13H20N2O2S/c1-9-4-7-18-12(9)15-11(17)10-2-5-13(14,8-16)6-3-10/h4,7,10,16H,2-3,5-6,8,14H2,1H3,(H,15,17). The molecule has 0 aromatic carbocycles. The Bertz CT molecular complexity index is 422. The number of rotatable bonds is 3. The van der Waals surface area contributed by atoms with Gasteiger partial charge in [-0.05, 0) is 49.6 Å². The minimum absolute atomic E-state index is 0.00533. The maximum atomic E-state index is 12.1. The van der Waals surface area contributed by atoms with Gasteiger partial charge in [-0.2, -0.15) is 0 Å². The minimum atomic E-state index is -0.477. The van der Waals surface area contributed by atoms with Crippen LogP contribution in [0.25, 0.3) is 0 Å². The zero-order valence-electron chi connectivity index (χ0n) is 10.6. The molecule has 4 nitrogen and oxygen atoms in total. The maximum Gasteiger partial charge on any atom is 0.228 e. The lowest BCUT2D eigenvalue weighted by Crippen LogP contribution is -2.47. The van der Waals surface area contributed by atoms with Crippen molar-refractivity contribution in [2.24, 2.45) is 11.7 Å². The van der Waals surface area contributed by atoms with Gasteiger partial charge in [0.1, 0.15) is 0 Å². The van der Waals surface area contributed by atoms with Crippen LogP contribution in [0.1, 0.15) is 31.2 Å². The number of thiophene rings is 1. The molecule has 1 aliphatic carbocycles. The van der Waals surface area contributed by atoms with Crippen LogP contribution in [0.5, 0.6) is 0 Å². The van der Waals surface area contributed by atoms with E-state index in [2.05, 4.69) is 5.32 Å². The maximum absolute atomic E-state index is 12.1. The highest BCUT2D eigenvalue weighted by molar-refractivity contribution is 7.14. The Balaban J connectivity index is 1.90. The molecule has 0 spiro atoms. The van der Waals surface area contributed by atoms with Crippen molar-refractivity contribution in [3.05, 3.63) is 17.0 Å². The van der Waals surface area contributed by atoms with Gasteiger partial charge in [0.25, 0.3) is 0 Å². The second-order valence-corrected chi connectivity index (χ2v) is 6.13. The Labute approximate surface area is 111 Å². The lowest BCUT2D eigenvalue weighted by Gasteiger charge is -2.34. The Morgan fingerprint density at radius 2 is 2.28 bits per heavy atom. The smallest absolute Gasteiger partial charge is 0.228 e. The van der Waals surface area contributed by atoms with E-state index in [0.29, 0.717) is 12.8 Å². The zero-order valence-corrected chi connectivity index (χ0v) is 11.4. The molecule has 1 aliphatic rings. The number of aliphatic hydroxyl groups excluding tert-OH is 1. The predicted molar refractivity (Wildman–Crippen MR) is 73.6 cm³/mol. The molecule has 2 rings (SSSR count). The summed E-state index contributed by atoms with van der Waals surface area (Å²) >= 11 is 1.55. The number of anilines is 1. The quantitative estimate of drug-likeness (QED) is 0.783. The molecule has 100 valence electrons. The highest BCUT2D eigenvalue weighted by atomic mass is 32.1. The fraction of sp³-hybridized carbons (Fsp3) is 0.615. The van der Waals surface area contributed by atoms with Crippen molar-refractivity contribution in [2.45, 2.75) is 38.1 Å². The average Bonchev–Trinajstić information content (AvgIpc) is 2.76. The molecule has 0 saturated heterocycles. The van der Waals surface area contributed by atoms with Crippen molar-refractivity contribution in [3.63, 3.8) is 0 Å². The van der Waals surface area contributed by atoms with E-state index < -0.39 is 5.54 Å². The first-order valence-corrected chi connectivity index (χ1v) is 7.17. The van der Waals surface area contributed by atoms with E-state index in [1.807, 2.05) is 18.4 Å². The molecule has 0 atom stereocenters. The van der Waals surface area contributed by atoms with Crippen LogP contribution < -0.4 is 11.1 Å². The van der Waals surface area contributed by atoms with Crippen molar-refractivity contribution in [2.75, 3.05) is 11.9 Å². The molecular weight excluding hydrogens is 248 g/mol. The first-order chi connectivity index (χ1) is 8.54. The van der Waals surface area contributed by atoms with Crippen LogP contribution in [0.15, 0.2) is 11.4 Å². The molecule has 4 N–H and O–H groups in total. The summed E-state index contributed by atoms with van der Waals surface area (Å²) in [6.45, 7) is 2.00. The van der Waals surface area contributed by atoms with Crippen LogP contribution in [-0.2, 0) is 4.79 Å². The van der Waals surface area contributed by atoms with Crippen molar-refractivity contribution < 1.29 is 9.90 Å². The number of aryl methyl sites for hydroxylation is 1. The first kappa shape index (κ1) is 13.5.